The van der Waals surface area contributed by atoms with E-state index >= 15 is 0 Å². The van der Waals surface area contributed by atoms with E-state index in [4.69, 9.17) is 5.73 Å². The minimum atomic E-state index is -0.0190. The monoisotopic (exact) mass is 201 g/mol. The van der Waals surface area contributed by atoms with Crippen molar-refractivity contribution in [3.05, 3.63) is 35.4 Å². The molecule has 80 valence electrons. The summed E-state index contributed by atoms with van der Waals surface area (Å²) < 4.78 is 0. The summed E-state index contributed by atoms with van der Waals surface area (Å²) in [6.07, 6.45) is 5.17. The molecule has 0 heterocycles. The second-order valence-electron chi connectivity index (χ2n) is 5.32. The van der Waals surface area contributed by atoms with Crippen LogP contribution in [-0.2, 0) is 12.0 Å². The molecule has 2 aliphatic rings. The van der Waals surface area contributed by atoms with Crippen LogP contribution in [0.25, 0.3) is 0 Å². The van der Waals surface area contributed by atoms with Crippen LogP contribution in [0.3, 0.4) is 0 Å². The summed E-state index contributed by atoms with van der Waals surface area (Å²) in [6, 6.07) is 8.79. The predicted octanol–water partition coefficient (Wildman–Crippen LogP) is 2.83. The van der Waals surface area contributed by atoms with E-state index in [9.17, 15) is 0 Å². The molecule has 1 saturated carbocycles. The first-order valence-corrected chi connectivity index (χ1v) is 6.10. The SMILES string of the molecule is C[C@H]1CCC[C@@H]2Cc3ccccc3[C@@]21N. The van der Waals surface area contributed by atoms with Gasteiger partial charge < -0.3 is 5.73 Å². The highest BCUT2D eigenvalue weighted by Crippen LogP contribution is 2.50. The Morgan fingerprint density at radius 2 is 2.07 bits per heavy atom. The largest absolute Gasteiger partial charge is 0.321 e. The van der Waals surface area contributed by atoms with Gasteiger partial charge in [-0.3, -0.25) is 0 Å². The molecule has 2 N–H and O–H groups in total. The van der Waals surface area contributed by atoms with E-state index in [1.807, 2.05) is 0 Å². The summed E-state index contributed by atoms with van der Waals surface area (Å²) in [5, 5.41) is 0. The van der Waals surface area contributed by atoms with Gasteiger partial charge in [-0.1, -0.05) is 37.6 Å². The zero-order chi connectivity index (χ0) is 10.5. The molecule has 0 aromatic heterocycles. The van der Waals surface area contributed by atoms with E-state index in [1.54, 1.807) is 0 Å². The van der Waals surface area contributed by atoms with E-state index in [2.05, 4.69) is 31.2 Å². The lowest BCUT2D eigenvalue weighted by molar-refractivity contribution is 0.139. The summed E-state index contributed by atoms with van der Waals surface area (Å²) in [5.41, 5.74) is 9.63. The average molecular weight is 201 g/mol. The van der Waals surface area contributed by atoms with Crippen LogP contribution >= 0.6 is 0 Å². The first-order valence-electron chi connectivity index (χ1n) is 6.10. The Kier molecular flexibility index (Phi) is 1.93. The van der Waals surface area contributed by atoms with Crippen LogP contribution in [0.5, 0.6) is 0 Å². The molecule has 0 aliphatic heterocycles. The molecule has 0 amide bonds. The molecule has 2 aliphatic carbocycles. The summed E-state index contributed by atoms with van der Waals surface area (Å²) in [4.78, 5) is 0. The molecule has 0 unspecified atom stereocenters. The zero-order valence-corrected chi connectivity index (χ0v) is 9.37. The Hall–Kier alpha value is -0.820. The standard InChI is InChI=1S/C14H19N/c1-10-5-4-7-12-9-11-6-2-3-8-13(11)14(10,12)15/h2-3,6,8,10,12H,4-5,7,9,15H2,1H3/t10-,12+,14-/m0/s1. The van der Waals surface area contributed by atoms with Crippen molar-refractivity contribution in [1.29, 1.82) is 0 Å². The molecular formula is C14H19N. The fourth-order valence-electron chi connectivity index (χ4n) is 3.69. The van der Waals surface area contributed by atoms with Crippen LogP contribution in [0, 0.1) is 11.8 Å². The van der Waals surface area contributed by atoms with Gasteiger partial charge in [0.25, 0.3) is 0 Å². The van der Waals surface area contributed by atoms with Crippen LogP contribution in [0.4, 0.5) is 0 Å². The summed E-state index contributed by atoms with van der Waals surface area (Å²) in [6.45, 7) is 2.33. The number of rotatable bonds is 0. The molecule has 1 aromatic carbocycles. The number of benzene rings is 1. The van der Waals surface area contributed by atoms with Crippen molar-refractivity contribution in [1.82, 2.24) is 0 Å². The fourth-order valence-corrected chi connectivity index (χ4v) is 3.69. The van der Waals surface area contributed by atoms with Gasteiger partial charge >= 0.3 is 0 Å². The maximum Gasteiger partial charge on any atom is 0.0470 e. The first-order chi connectivity index (χ1) is 7.23. The Labute approximate surface area is 91.7 Å². The van der Waals surface area contributed by atoms with E-state index in [1.165, 1.54) is 36.8 Å². The topological polar surface area (TPSA) is 26.0 Å². The molecule has 15 heavy (non-hydrogen) atoms. The third-order valence-corrected chi connectivity index (χ3v) is 4.63. The van der Waals surface area contributed by atoms with Crippen LogP contribution in [0.15, 0.2) is 24.3 Å². The van der Waals surface area contributed by atoms with Gasteiger partial charge in [0.05, 0.1) is 0 Å². The Morgan fingerprint density at radius 3 is 2.93 bits per heavy atom. The Morgan fingerprint density at radius 1 is 1.27 bits per heavy atom. The smallest absolute Gasteiger partial charge is 0.0470 e. The van der Waals surface area contributed by atoms with Crippen LogP contribution < -0.4 is 5.73 Å². The van der Waals surface area contributed by atoms with Gasteiger partial charge in [0.15, 0.2) is 0 Å². The second-order valence-corrected chi connectivity index (χ2v) is 5.32. The highest BCUT2D eigenvalue weighted by Gasteiger charge is 2.48. The predicted molar refractivity (Wildman–Crippen MR) is 62.5 cm³/mol. The molecule has 0 radical (unpaired) electrons. The van der Waals surface area contributed by atoms with Crippen molar-refractivity contribution in [2.75, 3.05) is 0 Å². The summed E-state index contributed by atoms with van der Waals surface area (Å²) in [7, 11) is 0. The minimum Gasteiger partial charge on any atom is -0.321 e. The molecule has 3 rings (SSSR count). The lowest BCUT2D eigenvalue weighted by atomic mass is 9.67. The highest BCUT2D eigenvalue weighted by atomic mass is 14.8. The third-order valence-electron chi connectivity index (χ3n) is 4.63. The molecule has 1 aromatic rings. The lowest BCUT2D eigenvalue weighted by Gasteiger charge is -2.42. The van der Waals surface area contributed by atoms with Gasteiger partial charge in [0.1, 0.15) is 0 Å². The van der Waals surface area contributed by atoms with Crippen molar-refractivity contribution < 1.29 is 0 Å². The zero-order valence-electron chi connectivity index (χ0n) is 9.37. The van der Waals surface area contributed by atoms with Gasteiger partial charge in [0.2, 0.25) is 0 Å². The quantitative estimate of drug-likeness (QED) is 0.686. The molecule has 0 saturated heterocycles. The van der Waals surface area contributed by atoms with E-state index in [-0.39, 0.29) is 5.54 Å². The molecule has 0 spiro atoms. The van der Waals surface area contributed by atoms with Gasteiger partial charge in [0, 0.05) is 5.54 Å². The van der Waals surface area contributed by atoms with Crippen molar-refractivity contribution >= 4 is 0 Å². The molecule has 0 bridgehead atoms. The van der Waals surface area contributed by atoms with Crippen molar-refractivity contribution in [3.8, 4) is 0 Å². The molecule has 1 fully saturated rings. The minimum absolute atomic E-state index is 0.0190. The summed E-state index contributed by atoms with van der Waals surface area (Å²) >= 11 is 0. The average Bonchev–Trinajstić information content (AvgIpc) is 2.55. The first kappa shape index (κ1) is 9.41. The maximum atomic E-state index is 6.72. The Bertz CT molecular complexity index is 385. The normalized spacial score (nSPS) is 38.5. The molecular weight excluding hydrogens is 182 g/mol. The van der Waals surface area contributed by atoms with Crippen LogP contribution in [0.2, 0.25) is 0 Å². The lowest BCUT2D eigenvalue weighted by Crippen LogP contribution is -2.49. The third kappa shape index (κ3) is 1.13. The summed E-state index contributed by atoms with van der Waals surface area (Å²) in [5.74, 6) is 1.33. The van der Waals surface area contributed by atoms with E-state index in [0.717, 1.165) is 0 Å². The van der Waals surface area contributed by atoms with Gasteiger partial charge in [-0.05, 0) is 42.2 Å². The molecule has 1 heteroatoms. The molecule has 3 atom stereocenters. The maximum absolute atomic E-state index is 6.72. The van der Waals surface area contributed by atoms with Crippen LogP contribution in [0.1, 0.15) is 37.3 Å². The number of hydrogen-bond acceptors (Lipinski definition) is 1. The van der Waals surface area contributed by atoms with Crippen molar-refractivity contribution in [3.63, 3.8) is 0 Å². The number of nitrogens with two attached hydrogens (primary N) is 1. The van der Waals surface area contributed by atoms with Gasteiger partial charge in [-0.25, -0.2) is 0 Å². The van der Waals surface area contributed by atoms with Crippen molar-refractivity contribution in [2.45, 2.75) is 38.1 Å². The molecule has 1 nitrogen and oxygen atoms in total. The number of hydrogen-bond donors (Lipinski definition) is 1. The number of fused-ring (bicyclic) bond motifs is 3. The fraction of sp³-hybridized carbons (Fsp3) is 0.571. The Balaban J connectivity index is 2.13. The van der Waals surface area contributed by atoms with Crippen LogP contribution in [-0.4, -0.2) is 0 Å². The second kappa shape index (κ2) is 3.08. The van der Waals surface area contributed by atoms with E-state index in [0.29, 0.717) is 11.8 Å². The van der Waals surface area contributed by atoms with Gasteiger partial charge in [-0.15, -0.1) is 0 Å². The van der Waals surface area contributed by atoms with E-state index < -0.39 is 0 Å². The van der Waals surface area contributed by atoms with Crippen molar-refractivity contribution in [2.24, 2.45) is 17.6 Å². The van der Waals surface area contributed by atoms with Gasteiger partial charge in [-0.2, -0.15) is 0 Å². The highest BCUT2D eigenvalue weighted by molar-refractivity contribution is 5.41.